The third kappa shape index (κ3) is 3.88. The molecule has 0 aromatic rings. The standard InChI is InChI=1S/C12H17N3O4/c1-2-5-8(11(17)18)14-12(19)15-7-4-3-6-9(15)10(13)16/h1,8-9H,3-7H2,(H2,13,16)(H,14,19)(H,17,18). The molecular weight excluding hydrogens is 250 g/mol. The highest BCUT2D eigenvalue weighted by Crippen LogP contribution is 2.16. The molecule has 0 saturated carbocycles. The number of hydrogen-bond acceptors (Lipinski definition) is 3. The summed E-state index contributed by atoms with van der Waals surface area (Å²) in [6.45, 7) is 0.377. The first-order chi connectivity index (χ1) is 8.97. The summed E-state index contributed by atoms with van der Waals surface area (Å²) in [5.41, 5.74) is 5.24. The van der Waals surface area contributed by atoms with E-state index in [9.17, 15) is 14.4 Å². The molecule has 0 aliphatic carbocycles. The third-order valence-electron chi connectivity index (χ3n) is 3.01. The molecule has 1 aliphatic rings. The molecule has 0 bridgehead atoms. The second kappa shape index (κ2) is 6.64. The van der Waals surface area contributed by atoms with E-state index < -0.39 is 30.0 Å². The fourth-order valence-electron chi connectivity index (χ4n) is 2.02. The van der Waals surface area contributed by atoms with Crippen LogP contribution in [0, 0.1) is 12.3 Å². The second-order valence-electron chi connectivity index (χ2n) is 4.36. The van der Waals surface area contributed by atoms with Crippen LogP contribution in [-0.4, -0.2) is 46.5 Å². The van der Waals surface area contributed by atoms with Crippen LogP contribution >= 0.6 is 0 Å². The van der Waals surface area contributed by atoms with Gasteiger partial charge in [0.05, 0.1) is 0 Å². The van der Waals surface area contributed by atoms with E-state index in [1.807, 2.05) is 0 Å². The van der Waals surface area contributed by atoms with Gasteiger partial charge in [0, 0.05) is 13.0 Å². The van der Waals surface area contributed by atoms with Crippen LogP contribution < -0.4 is 11.1 Å². The Kier molecular flexibility index (Phi) is 5.18. The van der Waals surface area contributed by atoms with Crippen molar-refractivity contribution in [2.45, 2.75) is 37.8 Å². The minimum Gasteiger partial charge on any atom is -0.480 e. The topological polar surface area (TPSA) is 113 Å². The van der Waals surface area contributed by atoms with Gasteiger partial charge in [-0.25, -0.2) is 9.59 Å². The molecule has 1 rings (SSSR count). The maximum Gasteiger partial charge on any atom is 0.327 e. The minimum absolute atomic E-state index is 0.115. The summed E-state index contributed by atoms with van der Waals surface area (Å²) < 4.78 is 0. The van der Waals surface area contributed by atoms with Crippen molar-refractivity contribution in [2.75, 3.05) is 6.54 Å². The van der Waals surface area contributed by atoms with Crippen molar-refractivity contribution in [2.24, 2.45) is 5.73 Å². The summed E-state index contributed by atoms with van der Waals surface area (Å²) in [7, 11) is 0. The smallest absolute Gasteiger partial charge is 0.327 e. The summed E-state index contributed by atoms with van der Waals surface area (Å²) >= 11 is 0. The number of carboxylic acid groups (broad SMARTS) is 1. The number of piperidine rings is 1. The number of primary amides is 1. The van der Waals surface area contributed by atoms with E-state index in [4.69, 9.17) is 17.3 Å². The first-order valence-corrected chi connectivity index (χ1v) is 6.00. The van der Waals surface area contributed by atoms with Gasteiger partial charge in [-0.05, 0) is 19.3 Å². The van der Waals surface area contributed by atoms with Crippen LogP contribution in [0.1, 0.15) is 25.7 Å². The number of carbonyl (C=O) groups excluding carboxylic acids is 2. The zero-order valence-electron chi connectivity index (χ0n) is 10.5. The summed E-state index contributed by atoms with van der Waals surface area (Å²) in [5.74, 6) is 0.392. The first kappa shape index (κ1) is 14.8. The number of hydrogen-bond donors (Lipinski definition) is 3. The summed E-state index contributed by atoms with van der Waals surface area (Å²) in [6.07, 6.45) is 6.99. The van der Waals surface area contributed by atoms with Gasteiger partial charge in [-0.2, -0.15) is 0 Å². The van der Waals surface area contributed by atoms with Crippen molar-refractivity contribution in [1.29, 1.82) is 0 Å². The van der Waals surface area contributed by atoms with Crippen molar-refractivity contribution in [1.82, 2.24) is 10.2 Å². The van der Waals surface area contributed by atoms with Crippen molar-refractivity contribution in [3.63, 3.8) is 0 Å². The van der Waals surface area contributed by atoms with Crippen LogP contribution in [0.3, 0.4) is 0 Å². The molecule has 0 aromatic carbocycles. The average Bonchev–Trinajstić information content (AvgIpc) is 2.37. The Bertz CT molecular complexity index is 416. The number of terminal acetylenes is 1. The molecule has 0 aromatic heterocycles. The van der Waals surface area contributed by atoms with E-state index in [-0.39, 0.29) is 6.42 Å². The van der Waals surface area contributed by atoms with E-state index in [2.05, 4.69) is 11.2 Å². The number of carboxylic acids is 1. The summed E-state index contributed by atoms with van der Waals surface area (Å²) in [5, 5.41) is 11.2. The van der Waals surface area contributed by atoms with Crippen molar-refractivity contribution < 1.29 is 19.5 Å². The number of urea groups is 1. The predicted octanol–water partition coefficient (Wildman–Crippen LogP) is -0.488. The maximum absolute atomic E-state index is 12.0. The molecule has 4 N–H and O–H groups in total. The van der Waals surface area contributed by atoms with Gasteiger partial charge in [-0.1, -0.05) is 0 Å². The highest BCUT2D eigenvalue weighted by Gasteiger charge is 2.32. The van der Waals surface area contributed by atoms with Gasteiger partial charge in [0.15, 0.2) is 0 Å². The number of carbonyl (C=O) groups is 3. The van der Waals surface area contributed by atoms with Crippen LogP contribution in [0.2, 0.25) is 0 Å². The molecule has 1 fully saturated rings. The molecule has 3 amide bonds. The number of nitrogens with two attached hydrogens (primary N) is 1. The van der Waals surface area contributed by atoms with Gasteiger partial charge >= 0.3 is 12.0 Å². The van der Waals surface area contributed by atoms with Gasteiger partial charge in [0.25, 0.3) is 0 Å². The summed E-state index contributed by atoms with van der Waals surface area (Å²) in [4.78, 5) is 35.4. The number of nitrogens with zero attached hydrogens (tertiary/aromatic N) is 1. The number of nitrogens with one attached hydrogen (secondary N) is 1. The lowest BCUT2D eigenvalue weighted by atomic mass is 10.0. The lowest BCUT2D eigenvalue weighted by Crippen LogP contribution is -2.56. The van der Waals surface area contributed by atoms with Gasteiger partial charge in [0.2, 0.25) is 5.91 Å². The first-order valence-electron chi connectivity index (χ1n) is 6.00. The van der Waals surface area contributed by atoms with Gasteiger partial charge in [-0.3, -0.25) is 4.79 Å². The number of likely N-dealkylation sites (tertiary alicyclic amines) is 1. The largest absolute Gasteiger partial charge is 0.480 e. The SMILES string of the molecule is C#CCC(NC(=O)N1CCCCC1C(N)=O)C(=O)O. The van der Waals surface area contributed by atoms with Crippen molar-refractivity contribution in [3.8, 4) is 12.3 Å². The number of rotatable bonds is 4. The van der Waals surface area contributed by atoms with E-state index in [0.717, 1.165) is 12.8 Å². The van der Waals surface area contributed by atoms with Crippen LogP contribution in [0.4, 0.5) is 4.79 Å². The lowest BCUT2D eigenvalue weighted by Gasteiger charge is -2.34. The molecule has 7 heteroatoms. The maximum atomic E-state index is 12.0. The predicted molar refractivity (Wildman–Crippen MR) is 66.9 cm³/mol. The number of amides is 3. The van der Waals surface area contributed by atoms with Crippen LogP contribution in [0.5, 0.6) is 0 Å². The van der Waals surface area contributed by atoms with Gasteiger partial charge < -0.3 is 21.1 Å². The monoisotopic (exact) mass is 267 g/mol. The highest BCUT2D eigenvalue weighted by molar-refractivity contribution is 5.88. The fraction of sp³-hybridized carbons (Fsp3) is 0.583. The average molecular weight is 267 g/mol. The third-order valence-corrected chi connectivity index (χ3v) is 3.01. The Balaban J connectivity index is 2.72. The van der Waals surface area contributed by atoms with Crippen LogP contribution in [0.15, 0.2) is 0 Å². The molecule has 7 nitrogen and oxygen atoms in total. The Morgan fingerprint density at radius 3 is 2.68 bits per heavy atom. The quantitative estimate of drug-likeness (QED) is 0.596. The fourth-order valence-corrected chi connectivity index (χ4v) is 2.02. The zero-order valence-corrected chi connectivity index (χ0v) is 10.5. The molecule has 0 radical (unpaired) electrons. The molecule has 2 unspecified atom stereocenters. The minimum atomic E-state index is -1.21. The molecule has 1 aliphatic heterocycles. The molecule has 1 heterocycles. The van der Waals surface area contributed by atoms with Gasteiger partial charge in [0.1, 0.15) is 12.1 Å². The van der Waals surface area contributed by atoms with E-state index in [1.54, 1.807) is 0 Å². The Hall–Kier alpha value is -2.23. The second-order valence-corrected chi connectivity index (χ2v) is 4.36. The van der Waals surface area contributed by atoms with Crippen LogP contribution in [0.25, 0.3) is 0 Å². The molecule has 0 spiro atoms. The Morgan fingerprint density at radius 1 is 1.47 bits per heavy atom. The molecule has 1 saturated heterocycles. The molecule has 19 heavy (non-hydrogen) atoms. The number of aliphatic carboxylic acids is 1. The molecule has 2 atom stereocenters. The van der Waals surface area contributed by atoms with E-state index in [1.165, 1.54) is 4.90 Å². The van der Waals surface area contributed by atoms with Crippen molar-refractivity contribution >= 4 is 17.9 Å². The van der Waals surface area contributed by atoms with E-state index >= 15 is 0 Å². The Morgan fingerprint density at radius 2 is 2.16 bits per heavy atom. The highest BCUT2D eigenvalue weighted by atomic mass is 16.4. The van der Waals surface area contributed by atoms with Crippen molar-refractivity contribution in [3.05, 3.63) is 0 Å². The van der Waals surface area contributed by atoms with E-state index in [0.29, 0.717) is 13.0 Å². The Labute approximate surface area is 111 Å². The van der Waals surface area contributed by atoms with Gasteiger partial charge in [-0.15, -0.1) is 12.3 Å². The molecular formula is C12H17N3O4. The molecule has 104 valence electrons. The van der Waals surface area contributed by atoms with Crippen LogP contribution in [-0.2, 0) is 9.59 Å². The normalized spacial score (nSPS) is 20.2. The summed E-state index contributed by atoms with van der Waals surface area (Å²) in [6, 6.07) is -2.46. The zero-order chi connectivity index (χ0) is 14.4. The lowest BCUT2D eigenvalue weighted by molar-refractivity contribution is -0.139.